The Kier molecular flexibility index (Phi) is 1.92. The zero-order chi connectivity index (χ0) is 8.88. The molecule has 4 atom stereocenters. The zero-order valence-corrected chi connectivity index (χ0v) is 8.33. The van der Waals surface area contributed by atoms with Crippen LogP contribution in [0.5, 0.6) is 0 Å². The Hall–Kier alpha value is -0.0800. The Balaban J connectivity index is 1.98. The van der Waals surface area contributed by atoms with Gasteiger partial charge in [-0.3, -0.25) is 0 Å². The van der Waals surface area contributed by atoms with E-state index in [-0.39, 0.29) is 0 Å². The van der Waals surface area contributed by atoms with Crippen LogP contribution in [0.2, 0.25) is 0 Å². The summed E-state index contributed by atoms with van der Waals surface area (Å²) in [6.45, 7) is 9.39. The van der Waals surface area contributed by atoms with Gasteiger partial charge in [0.2, 0.25) is 0 Å². The second-order valence-corrected chi connectivity index (χ2v) is 4.81. The molecule has 2 rings (SSSR count). The van der Waals surface area contributed by atoms with Crippen molar-refractivity contribution in [2.75, 3.05) is 13.1 Å². The third kappa shape index (κ3) is 1.01. The molecule has 2 aliphatic rings. The third-order valence-electron chi connectivity index (χ3n) is 3.95. The highest BCUT2D eigenvalue weighted by molar-refractivity contribution is 5.04. The van der Waals surface area contributed by atoms with E-state index >= 15 is 0 Å². The van der Waals surface area contributed by atoms with Gasteiger partial charge in [0.15, 0.2) is 0 Å². The molecule has 2 fully saturated rings. The number of nitrogens with zero attached hydrogens (tertiary/aromatic N) is 1. The molecular weight excluding hydrogens is 148 g/mol. The second kappa shape index (κ2) is 2.71. The van der Waals surface area contributed by atoms with E-state index in [1.54, 1.807) is 0 Å². The summed E-state index contributed by atoms with van der Waals surface area (Å²) in [6.07, 6.45) is 0. The lowest BCUT2D eigenvalue weighted by Gasteiger charge is -2.44. The standard InChI is InChI=1S/C10H20N2/c1-6(2)12-4-8-7(3)10(11)9(8)5-12/h6-10H,4-5,11H2,1-3H3/t7?,8?,9?,10-/m1/s1. The molecule has 2 heteroatoms. The lowest BCUT2D eigenvalue weighted by atomic mass is 9.64. The van der Waals surface area contributed by atoms with Crippen molar-refractivity contribution in [2.24, 2.45) is 23.5 Å². The molecule has 0 radical (unpaired) electrons. The van der Waals surface area contributed by atoms with E-state index < -0.39 is 0 Å². The van der Waals surface area contributed by atoms with Crippen molar-refractivity contribution in [3.63, 3.8) is 0 Å². The molecule has 0 aromatic rings. The minimum Gasteiger partial charge on any atom is -0.327 e. The van der Waals surface area contributed by atoms with Crippen molar-refractivity contribution in [3.05, 3.63) is 0 Å². The van der Waals surface area contributed by atoms with Gasteiger partial charge in [-0.2, -0.15) is 0 Å². The van der Waals surface area contributed by atoms with Gasteiger partial charge in [-0.25, -0.2) is 0 Å². The molecule has 2 nitrogen and oxygen atoms in total. The predicted molar refractivity (Wildman–Crippen MR) is 50.8 cm³/mol. The van der Waals surface area contributed by atoms with Gasteiger partial charge in [-0.05, 0) is 31.6 Å². The fourth-order valence-electron chi connectivity index (χ4n) is 2.80. The largest absolute Gasteiger partial charge is 0.327 e. The fourth-order valence-corrected chi connectivity index (χ4v) is 2.80. The highest BCUT2D eigenvalue weighted by atomic mass is 15.2. The van der Waals surface area contributed by atoms with Crippen LogP contribution in [0.3, 0.4) is 0 Å². The smallest absolute Gasteiger partial charge is 0.0112 e. The van der Waals surface area contributed by atoms with Crippen molar-refractivity contribution in [2.45, 2.75) is 32.9 Å². The van der Waals surface area contributed by atoms with E-state index in [9.17, 15) is 0 Å². The van der Waals surface area contributed by atoms with Crippen LogP contribution in [-0.2, 0) is 0 Å². The fraction of sp³-hybridized carbons (Fsp3) is 1.00. The van der Waals surface area contributed by atoms with Crippen molar-refractivity contribution in [1.29, 1.82) is 0 Å². The maximum Gasteiger partial charge on any atom is 0.0112 e. The van der Waals surface area contributed by atoms with Crippen LogP contribution in [0.25, 0.3) is 0 Å². The molecule has 12 heavy (non-hydrogen) atoms. The van der Waals surface area contributed by atoms with Crippen molar-refractivity contribution in [1.82, 2.24) is 4.90 Å². The molecule has 3 unspecified atom stereocenters. The molecule has 0 aromatic carbocycles. The molecule has 2 N–H and O–H groups in total. The molecule has 0 amide bonds. The normalized spacial score (nSPS) is 47.8. The average Bonchev–Trinajstić information content (AvgIpc) is 2.43. The molecule has 1 aliphatic carbocycles. The van der Waals surface area contributed by atoms with Gasteiger partial charge >= 0.3 is 0 Å². The predicted octanol–water partition coefficient (Wildman–Crippen LogP) is 0.920. The highest BCUT2D eigenvalue weighted by Gasteiger charge is 2.50. The van der Waals surface area contributed by atoms with Gasteiger partial charge in [0.05, 0.1) is 0 Å². The van der Waals surface area contributed by atoms with Gasteiger partial charge in [0, 0.05) is 25.2 Å². The first kappa shape index (κ1) is 8.52. The molecule has 0 spiro atoms. The number of fused-ring (bicyclic) bond motifs is 1. The third-order valence-corrected chi connectivity index (χ3v) is 3.95. The molecule has 0 aromatic heterocycles. The van der Waals surface area contributed by atoms with E-state index in [0.29, 0.717) is 12.1 Å². The number of hydrogen-bond acceptors (Lipinski definition) is 2. The van der Waals surface area contributed by atoms with E-state index in [0.717, 1.165) is 17.8 Å². The van der Waals surface area contributed by atoms with E-state index in [1.165, 1.54) is 13.1 Å². The summed E-state index contributed by atoms with van der Waals surface area (Å²) in [5.41, 5.74) is 6.04. The first-order chi connectivity index (χ1) is 5.61. The highest BCUT2D eigenvalue weighted by Crippen LogP contribution is 2.44. The SMILES string of the molecule is CC1C2CN(C(C)C)CC2[C@@H]1N. The Bertz CT molecular complexity index is 163. The van der Waals surface area contributed by atoms with Crippen LogP contribution in [0.4, 0.5) is 0 Å². The topological polar surface area (TPSA) is 29.3 Å². The molecule has 1 heterocycles. The molecule has 0 bridgehead atoms. The summed E-state index contributed by atoms with van der Waals surface area (Å²) in [6, 6.07) is 1.19. The van der Waals surface area contributed by atoms with Crippen molar-refractivity contribution >= 4 is 0 Å². The minimum atomic E-state index is 0.485. The van der Waals surface area contributed by atoms with Crippen LogP contribution in [0.15, 0.2) is 0 Å². The van der Waals surface area contributed by atoms with Gasteiger partial charge in [-0.15, -0.1) is 0 Å². The van der Waals surface area contributed by atoms with Crippen molar-refractivity contribution < 1.29 is 0 Å². The zero-order valence-electron chi connectivity index (χ0n) is 8.33. The lowest BCUT2D eigenvalue weighted by molar-refractivity contribution is 0.0976. The Morgan fingerprint density at radius 2 is 1.83 bits per heavy atom. The van der Waals surface area contributed by atoms with E-state index in [2.05, 4.69) is 25.7 Å². The summed E-state index contributed by atoms with van der Waals surface area (Å²) in [4.78, 5) is 2.57. The molecular formula is C10H20N2. The second-order valence-electron chi connectivity index (χ2n) is 4.81. The van der Waals surface area contributed by atoms with Crippen LogP contribution in [-0.4, -0.2) is 30.1 Å². The molecule has 1 saturated heterocycles. The number of nitrogens with two attached hydrogens (primary N) is 1. The summed E-state index contributed by atoms with van der Waals surface area (Å²) in [5, 5.41) is 0. The van der Waals surface area contributed by atoms with Crippen LogP contribution in [0, 0.1) is 17.8 Å². The maximum atomic E-state index is 6.04. The van der Waals surface area contributed by atoms with Crippen molar-refractivity contribution in [3.8, 4) is 0 Å². The summed E-state index contributed by atoms with van der Waals surface area (Å²) in [7, 11) is 0. The first-order valence-corrected chi connectivity index (χ1v) is 5.11. The molecule has 70 valence electrons. The van der Waals surface area contributed by atoms with Gasteiger partial charge in [0.1, 0.15) is 0 Å². The number of hydrogen-bond donors (Lipinski definition) is 1. The Morgan fingerprint density at radius 3 is 2.33 bits per heavy atom. The van der Waals surface area contributed by atoms with Gasteiger partial charge in [0.25, 0.3) is 0 Å². The number of likely N-dealkylation sites (tertiary alicyclic amines) is 1. The lowest BCUT2D eigenvalue weighted by Crippen LogP contribution is -2.54. The van der Waals surface area contributed by atoms with Crippen LogP contribution in [0.1, 0.15) is 20.8 Å². The van der Waals surface area contributed by atoms with Gasteiger partial charge < -0.3 is 10.6 Å². The average molecular weight is 168 g/mol. The monoisotopic (exact) mass is 168 g/mol. The molecule has 1 saturated carbocycles. The van der Waals surface area contributed by atoms with E-state index in [1.807, 2.05) is 0 Å². The summed E-state index contributed by atoms with van der Waals surface area (Å²) >= 11 is 0. The maximum absolute atomic E-state index is 6.04. The number of rotatable bonds is 1. The summed E-state index contributed by atoms with van der Waals surface area (Å²) in [5.74, 6) is 2.48. The van der Waals surface area contributed by atoms with E-state index in [4.69, 9.17) is 5.73 Å². The Labute approximate surface area is 75.1 Å². The quantitative estimate of drug-likeness (QED) is 0.631. The van der Waals surface area contributed by atoms with Gasteiger partial charge in [-0.1, -0.05) is 6.92 Å². The summed E-state index contributed by atoms with van der Waals surface area (Å²) < 4.78 is 0. The molecule has 1 aliphatic heterocycles. The van der Waals surface area contributed by atoms with Crippen LogP contribution >= 0.6 is 0 Å². The first-order valence-electron chi connectivity index (χ1n) is 5.11. The van der Waals surface area contributed by atoms with Crippen LogP contribution < -0.4 is 5.73 Å². The minimum absolute atomic E-state index is 0.485. The Morgan fingerprint density at radius 1 is 1.25 bits per heavy atom.